The van der Waals surface area contributed by atoms with E-state index in [1.807, 2.05) is 12.1 Å². The minimum absolute atomic E-state index is 0.0622. The highest BCUT2D eigenvalue weighted by Gasteiger charge is 2.73. The number of phenols is 1. The van der Waals surface area contributed by atoms with Crippen LogP contribution in [-0.2, 0) is 5.41 Å². The number of carbonyl (C=O) groups excluding carboxylic acids is 1. The van der Waals surface area contributed by atoms with E-state index in [1.165, 1.54) is 24.6 Å². The number of benzene rings is 2. The molecule has 30 heavy (non-hydrogen) atoms. The number of aromatic carboxylic acids is 1. The van der Waals surface area contributed by atoms with Gasteiger partial charge in [-0.1, -0.05) is 19.9 Å². The number of carboxylic acid groups (broad SMARTS) is 1. The molecule has 3 N–H and O–H groups in total. The van der Waals surface area contributed by atoms with Gasteiger partial charge < -0.3 is 20.3 Å². The van der Waals surface area contributed by atoms with Gasteiger partial charge in [0.05, 0.1) is 5.69 Å². The van der Waals surface area contributed by atoms with E-state index in [4.69, 9.17) is 4.74 Å². The van der Waals surface area contributed by atoms with E-state index >= 15 is 0 Å². The fraction of sp³-hybridized carbons (Fsp3) is 0.417. The van der Waals surface area contributed by atoms with Gasteiger partial charge in [0.25, 0.3) is 5.91 Å². The van der Waals surface area contributed by atoms with Crippen molar-refractivity contribution in [2.45, 2.75) is 51.0 Å². The molecule has 156 valence electrons. The van der Waals surface area contributed by atoms with Crippen molar-refractivity contribution in [3.05, 3.63) is 53.1 Å². The predicted octanol–water partition coefficient (Wildman–Crippen LogP) is 4.57. The summed E-state index contributed by atoms with van der Waals surface area (Å²) in [6, 6.07) is 9.69. The van der Waals surface area contributed by atoms with E-state index in [9.17, 15) is 19.8 Å². The highest BCUT2D eigenvalue weighted by atomic mass is 16.5. The smallest absolute Gasteiger partial charge is 0.341 e. The maximum atomic E-state index is 13.0. The van der Waals surface area contributed by atoms with E-state index < -0.39 is 11.9 Å². The molecule has 0 saturated heterocycles. The Kier molecular flexibility index (Phi) is 3.65. The number of hydrogen-bond acceptors (Lipinski definition) is 4. The summed E-state index contributed by atoms with van der Waals surface area (Å²) in [5, 5.41) is 21.9. The molecule has 5 rings (SSSR count). The Morgan fingerprint density at radius 2 is 1.93 bits per heavy atom. The van der Waals surface area contributed by atoms with E-state index in [2.05, 4.69) is 26.1 Å². The second-order valence-electron chi connectivity index (χ2n) is 9.50. The summed E-state index contributed by atoms with van der Waals surface area (Å²) in [5.74, 6) is -0.776. The number of fused-ring (bicyclic) bond motifs is 7. The highest BCUT2D eigenvalue weighted by Crippen LogP contribution is 2.73. The van der Waals surface area contributed by atoms with Crippen LogP contribution in [0.4, 0.5) is 5.69 Å². The predicted molar refractivity (Wildman–Crippen MR) is 111 cm³/mol. The van der Waals surface area contributed by atoms with Crippen molar-refractivity contribution in [1.29, 1.82) is 0 Å². The van der Waals surface area contributed by atoms with Crippen molar-refractivity contribution in [3.8, 4) is 11.5 Å². The monoisotopic (exact) mass is 407 g/mol. The molecule has 6 heteroatoms. The van der Waals surface area contributed by atoms with Gasteiger partial charge in [0.2, 0.25) is 0 Å². The van der Waals surface area contributed by atoms with Crippen molar-refractivity contribution in [2.24, 2.45) is 11.3 Å². The average Bonchev–Trinajstić information content (AvgIpc) is 3.25. The SMILES string of the molecule is CC12CCC(C1)C1(C)Oc3ccc(C(=O)Nc4cccc(O)c4C(=O)O)cc3C21C. The van der Waals surface area contributed by atoms with Crippen LogP contribution in [0.3, 0.4) is 0 Å². The zero-order valence-corrected chi connectivity index (χ0v) is 17.3. The molecule has 2 fully saturated rings. The fourth-order valence-corrected chi connectivity index (χ4v) is 6.39. The van der Waals surface area contributed by atoms with Crippen LogP contribution in [0, 0.1) is 11.3 Å². The largest absolute Gasteiger partial charge is 0.507 e. The van der Waals surface area contributed by atoms with Crippen LogP contribution >= 0.6 is 0 Å². The Morgan fingerprint density at radius 1 is 1.17 bits per heavy atom. The summed E-state index contributed by atoms with van der Waals surface area (Å²) >= 11 is 0. The molecular formula is C24H25NO5. The number of amides is 1. The van der Waals surface area contributed by atoms with Crippen LogP contribution < -0.4 is 10.1 Å². The normalized spacial score (nSPS) is 33.0. The lowest BCUT2D eigenvalue weighted by Gasteiger charge is -2.48. The van der Waals surface area contributed by atoms with E-state index in [0.717, 1.165) is 24.2 Å². The Hall–Kier alpha value is -3.02. The molecule has 2 saturated carbocycles. The van der Waals surface area contributed by atoms with Crippen LogP contribution in [0.25, 0.3) is 0 Å². The van der Waals surface area contributed by atoms with E-state index in [-0.39, 0.29) is 33.4 Å². The topological polar surface area (TPSA) is 95.9 Å². The molecule has 4 atom stereocenters. The Bertz CT molecular complexity index is 1110. The standard InChI is InChI=1S/C24H25NO5/c1-22-10-9-14(12-22)24(3)23(22,2)15-11-13(7-8-18(15)30-24)20(27)25-16-5-4-6-17(26)19(16)21(28)29/h4-8,11,14,26H,9-10,12H2,1-3H3,(H,25,27)(H,28,29). The molecule has 2 aromatic carbocycles. The zero-order valence-electron chi connectivity index (χ0n) is 17.3. The molecule has 0 aromatic heterocycles. The van der Waals surface area contributed by atoms with Gasteiger partial charge in [0.1, 0.15) is 22.7 Å². The summed E-state index contributed by atoms with van der Waals surface area (Å²) in [4.78, 5) is 24.5. The number of ether oxygens (including phenoxy) is 1. The van der Waals surface area contributed by atoms with Crippen molar-refractivity contribution in [1.82, 2.24) is 0 Å². The van der Waals surface area contributed by atoms with Gasteiger partial charge in [-0.15, -0.1) is 0 Å². The summed E-state index contributed by atoms with van der Waals surface area (Å²) in [6.45, 7) is 6.79. The van der Waals surface area contributed by atoms with Gasteiger partial charge in [-0.3, -0.25) is 4.79 Å². The van der Waals surface area contributed by atoms with Crippen LogP contribution in [0.15, 0.2) is 36.4 Å². The lowest BCUT2D eigenvalue weighted by molar-refractivity contribution is -0.0260. The van der Waals surface area contributed by atoms with Crippen LogP contribution in [-0.4, -0.2) is 27.7 Å². The first-order chi connectivity index (χ1) is 14.1. The van der Waals surface area contributed by atoms with E-state index in [1.54, 1.807) is 6.07 Å². The van der Waals surface area contributed by atoms with Gasteiger partial charge in [-0.05, 0) is 67.9 Å². The second kappa shape index (κ2) is 5.78. The van der Waals surface area contributed by atoms with Gasteiger partial charge in [-0.25, -0.2) is 4.79 Å². The molecule has 2 aromatic rings. The van der Waals surface area contributed by atoms with Gasteiger partial charge in [-0.2, -0.15) is 0 Å². The molecule has 0 spiro atoms. The maximum Gasteiger partial charge on any atom is 0.341 e. The summed E-state index contributed by atoms with van der Waals surface area (Å²) < 4.78 is 6.50. The fourth-order valence-electron chi connectivity index (χ4n) is 6.39. The Labute approximate surface area is 174 Å². The molecule has 3 aliphatic rings. The lowest BCUT2D eigenvalue weighted by Crippen LogP contribution is -2.54. The molecule has 0 radical (unpaired) electrons. The van der Waals surface area contributed by atoms with Crippen LogP contribution in [0.5, 0.6) is 11.5 Å². The van der Waals surface area contributed by atoms with Crippen molar-refractivity contribution >= 4 is 17.6 Å². The second-order valence-corrected chi connectivity index (χ2v) is 9.50. The Balaban J connectivity index is 1.53. The van der Waals surface area contributed by atoms with Crippen molar-refractivity contribution < 1.29 is 24.5 Å². The quantitative estimate of drug-likeness (QED) is 0.693. The molecule has 6 nitrogen and oxygen atoms in total. The molecule has 1 amide bonds. The van der Waals surface area contributed by atoms with Crippen LogP contribution in [0.1, 0.15) is 66.3 Å². The van der Waals surface area contributed by atoms with Crippen LogP contribution in [0.2, 0.25) is 0 Å². The highest BCUT2D eigenvalue weighted by molar-refractivity contribution is 6.08. The molecule has 1 aliphatic heterocycles. The van der Waals surface area contributed by atoms with Crippen molar-refractivity contribution in [2.75, 3.05) is 5.32 Å². The molecule has 2 aliphatic carbocycles. The minimum Gasteiger partial charge on any atom is -0.507 e. The lowest BCUT2D eigenvalue weighted by atomic mass is 9.56. The number of rotatable bonds is 3. The van der Waals surface area contributed by atoms with Gasteiger partial charge >= 0.3 is 5.97 Å². The molecule has 2 bridgehead atoms. The number of hydrogen-bond donors (Lipinski definition) is 3. The average molecular weight is 407 g/mol. The number of carboxylic acids is 1. The van der Waals surface area contributed by atoms with Gasteiger partial charge in [0, 0.05) is 16.5 Å². The third-order valence-corrected chi connectivity index (χ3v) is 8.33. The first-order valence-electron chi connectivity index (χ1n) is 10.3. The third kappa shape index (κ3) is 2.14. The number of aromatic hydroxyl groups is 1. The van der Waals surface area contributed by atoms with Gasteiger partial charge in [0.15, 0.2) is 0 Å². The molecule has 4 unspecified atom stereocenters. The first-order valence-corrected chi connectivity index (χ1v) is 10.3. The number of nitrogens with one attached hydrogen (secondary N) is 1. The summed E-state index contributed by atoms with van der Waals surface area (Å²) in [6.07, 6.45) is 3.44. The number of carbonyl (C=O) groups is 2. The maximum absolute atomic E-state index is 13.0. The first kappa shape index (κ1) is 19.0. The molecule has 1 heterocycles. The number of anilines is 1. The van der Waals surface area contributed by atoms with Crippen molar-refractivity contribution in [3.63, 3.8) is 0 Å². The summed E-state index contributed by atoms with van der Waals surface area (Å²) in [5.41, 5.74) is 0.882. The molecular weight excluding hydrogens is 382 g/mol. The zero-order chi connectivity index (χ0) is 21.5. The summed E-state index contributed by atoms with van der Waals surface area (Å²) in [7, 11) is 0. The third-order valence-electron chi connectivity index (χ3n) is 8.33. The Morgan fingerprint density at radius 3 is 2.67 bits per heavy atom. The van der Waals surface area contributed by atoms with E-state index in [0.29, 0.717) is 11.5 Å². The minimum atomic E-state index is -1.30.